The van der Waals surface area contributed by atoms with Gasteiger partial charge in [-0.05, 0) is 77.9 Å². The maximum atomic E-state index is 15.5. The number of hydrogen-bond donors (Lipinski definition) is 2. The number of fused-ring (bicyclic) bond motifs is 4. The van der Waals surface area contributed by atoms with Gasteiger partial charge < -0.3 is 14.6 Å². The fourth-order valence-electron chi connectivity index (χ4n) is 9.25. The molecule has 1 aromatic heterocycles. The molecule has 58 heavy (non-hydrogen) atoms. The molecule has 1 saturated carbocycles. The average Bonchev–Trinajstić information content (AvgIpc) is 3.59. The Balaban J connectivity index is 1.33. The molecule has 11 nitrogen and oxygen atoms in total. The van der Waals surface area contributed by atoms with Crippen molar-refractivity contribution in [2.45, 2.75) is 30.4 Å². The van der Waals surface area contributed by atoms with Crippen LogP contribution in [0.4, 0.5) is 24.7 Å². The fraction of sp³-hybridized carbons (Fsp3) is 0.262. The van der Waals surface area contributed by atoms with Crippen LogP contribution in [0.2, 0.25) is 10.0 Å². The van der Waals surface area contributed by atoms with Gasteiger partial charge in [0.2, 0.25) is 17.6 Å². The molecule has 6 atom stereocenters. The van der Waals surface area contributed by atoms with Gasteiger partial charge in [-0.25, -0.2) is 4.98 Å². The molecule has 16 heteroatoms. The number of hydrazine groups is 1. The number of imide groups is 2. The van der Waals surface area contributed by atoms with Gasteiger partial charge in [0.25, 0.3) is 11.8 Å². The highest BCUT2D eigenvalue weighted by Gasteiger charge is 2.70. The van der Waals surface area contributed by atoms with E-state index < -0.39 is 81.2 Å². The summed E-state index contributed by atoms with van der Waals surface area (Å²) in [5.41, 5.74) is 2.11. The number of carbonyl (C=O) groups is 4. The van der Waals surface area contributed by atoms with Crippen molar-refractivity contribution in [3.8, 4) is 17.2 Å². The Labute approximate surface area is 339 Å². The molecule has 2 aliphatic heterocycles. The van der Waals surface area contributed by atoms with Crippen LogP contribution in [0.25, 0.3) is 6.08 Å². The summed E-state index contributed by atoms with van der Waals surface area (Å²) in [7, 11) is 2.67. The third-order valence-corrected chi connectivity index (χ3v) is 12.3. The van der Waals surface area contributed by atoms with E-state index in [1.807, 2.05) is 6.08 Å². The monoisotopic (exact) mass is 832 g/mol. The second-order valence-electron chi connectivity index (χ2n) is 14.5. The number of halogens is 5. The van der Waals surface area contributed by atoms with Crippen LogP contribution in [0.3, 0.4) is 0 Å². The fourth-order valence-corrected chi connectivity index (χ4v) is 9.59. The lowest BCUT2D eigenvalue weighted by Crippen LogP contribution is -2.53. The molecule has 3 aromatic carbocycles. The summed E-state index contributed by atoms with van der Waals surface area (Å²) < 4.78 is 51.7. The van der Waals surface area contributed by atoms with Crippen molar-refractivity contribution >= 4 is 64.4 Å². The summed E-state index contributed by atoms with van der Waals surface area (Å²) >= 11 is 12.6. The number of methoxy groups -OCH3 is 2. The third kappa shape index (κ3) is 5.83. The maximum absolute atomic E-state index is 15.5. The standard InChI is InChI=1S/C42H33Cl2F3N4O7/c1-4-20-5-11-25(12-6-20)50-37(53)27-14-13-26-28(33(27)39(50)55)18-29-38(54)51(49-36-30(44)17-23(19-48-36)42(45,46)47)40(56)41(29,22-7-9-24(43)10-8-22)34(26)21-15-31(57-2)35(52)32(16-21)58-3/h4-13,15-17,19,27-29,33-34,52H,1,14,18H2,2-3H3,(H,48,49). The highest BCUT2D eigenvalue weighted by molar-refractivity contribution is 6.33. The van der Waals surface area contributed by atoms with Gasteiger partial charge >= 0.3 is 6.18 Å². The first-order valence-electron chi connectivity index (χ1n) is 18.0. The second kappa shape index (κ2) is 14.2. The van der Waals surface area contributed by atoms with Crippen LogP contribution >= 0.6 is 23.2 Å². The van der Waals surface area contributed by atoms with Gasteiger partial charge in [0.1, 0.15) is 0 Å². The van der Waals surface area contributed by atoms with Crippen LogP contribution in [-0.2, 0) is 30.8 Å². The van der Waals surface area contributed by atoms with Gasteiger partial charge in [-0.1, -0.05) is 71.8 Å². The zero-order valence-electron chi connectivity index (χ0n) is 30.7. The highest BCUT2D eigenvalue weighted by Crippen LogP contribution is 2.65. The van der Waals surface area contributed by atoms with Gasteiger partial charge in [-0.15, -0.1) is 0 Å². The lowest BCUT2D eigenvalue weighted by atomic mass is 9.49. The topological polar surface area (TPSA) is 138 Å². The molecule has 4 amide bonds. The van der Waals surface area contributed by atoms with E-state index >= 15 is 4.79 Å². The number of aromatic nitrogens is 1. The minimum absolute atomic E-state index is 0.0117. The van der Waals surface area contributed by atoms with Gasteiger partial charge in [0, 0.05) is 17.1 Å². The number of benzene rings is 3. The van der Waals surface area contributed by atoms with E-state index in [4.69, 9.17) is 32.7 Å². The van der Waals surface area contributed by atoms with Crippen LogP contribution < -0.4 is 19.8 Å². The van der Waals surface area contributed by atoms with E-state index in [1.165, 1.54) is 26.4 Å². The highest BCUT2D eigenvalue weighted by atomic mass is 35.5. The Morgan fingerprint density at radius 1 is 0.931 bits per heavy atom. The van der Waals surface area contributed by atoms with Crippen molar-refractivity contribution in [2.75, 3.05) is 24.5 Å². The quantitative estimate of drug-likeness (QED) is 0.134. The van der Waals surface area contributed by atoms with Crippen LogP contribution in [0.1, 0.15) is 41.0 Å². The second-order valence-corrected chi connectivity index (χ2v) is 15.3. The Kier molecular flexibility index (Phi) is 9.55. The molecule has 2 saturated heterocycles. The molecule has 0 radical (unpaired) electrons. The number of phenolic OH excluding ortho intramolecular Hbond substituents is 1. The smallest absolute Gasteiger partial charge is 0.417 e. The number of amides is 4. The largest absolute Gasteiger partial charge is 0.502 e. The van der Waals surface area contributed by atoms with Crippen LogP contribution in [-0.4, -0.2) is 52.9 Å². The van der Waals surface area contributed by atoms with Gasteiger partial charge in [0.05, 0.1) is 53.7 Å². The molecular weight excluding hydrogens is 800 g/mol. The van der Waals surface area contributed by atoms with E-state index in [9.17, 15) is 32.7 Å². The number of pyridine rings is 1. The minimum atomic E-state index is -4.77. The number of nitrogens with zero attached hydrogens (tertiary/aromatic N) is 3. The van der Waals surface area contributed by atoms with Crippen molar-refractivity contribution in [3.05, 3.63) is 123 Å². The summed E-state index contributed by atoms with van der Waals surface area (Å²) in [6.07, 6.45) is -0.729. The van der Waals surface area contributed by atoms with E-state index in [0.29, 0.717) is 44.7 Å². The van der Waals surface area contributed by atoms with E-state index in [2.05, 4.69) is 17.0 Å². The van der Waals surface area contributed by atoms with E-state index in [0.717, 1.165) is 10.5 Å². The average molecular weight is 834 g/mol. The number of anilines is 2. The van der Waals surface area contributed by atoms with Crippen molar-refractivity contribution in [2.24, 2.45) is 23.7 Å². The number of aromatic hydroxyl groups is 1. The zero-order valence-corrected chi connectivity index (χ0v) is 32.2. The molecule has 0 bridgehead atoms. The normalized spacial score (nSPS) is 25.2. The molecule has 2 N–H and O–H groups in total. The first-order valence-corrected chi connectivity index (χ1v) is 18.8. The lowest BCUT2D eigenvalue weighted by molar-refractivity contribution is -0.139. The summed E-state index contributed by atoms with van der Waals surface area (Å²) in [6.45, 7) is 3.76. The molecule has 0 spiro atoms. The number of nitrogens with one attached hydrogen (secondary N) is 1. The van der Waals surface area contributed by atoms with E-state index in [1.54, 1.807) is 54.6 Å². The Morgan fingerprint density at radius 3 is 2.17 bits per heavy atom. The number of alkyl halides is 3. The number of rotatable bonds is 8. The van der Waals surface area contributed by atoms with Crippen molar-refractivity contribution in [3.63, 3.8) is 0 Å². The molecule has 298 valence electrons. The Bertz CT molecular complexity index is 2420. The lowest BCUT2D eigenvalue weighted by Gasteiger charge is -2.50. The predicted octanol–water partition coefficient (Wildman–Crippen LogP) is 7.96. The molecular formula is C42H33Cl2F3N4O7. The first-order chi connectivity index (χ1) is 27.6. The Morgan fingerprint density at radius 2 is 1.59 bits per heavy atom. The maximum Gasteiger partial charge on any atom is 0.417 e. The van der Waals surface area contributed by atoms with Gasteiger partial charge in [-0.2, -0.15) is 18.2 Å². The number of carbonyl (C=O) groups excluding carboxylic acids is 4. The summed E-state index contributed by atoms with van der Waals surface area (Å²) in [5.74, 6) is -8.02. The van der Waals surface area contributed by atoms with Crippen molar-refractivity contribution in [1.82, 2.24) is 9.99 Å². The summed E-state index contributed by atoms with van der Waals surface area (Å²) in [5, 5.41) is 11.5. The summed E-state index contributed by atoms with van der Waals surface area (Å²) in [4.78, 5) is 64.1. The van der Waals surface area contributed by atoms with E-state index in [-0.39, 0.29) is 30.1 Å². The molecule has 3 heterocycles. The zero-order chi connectivity index (χ0) is 41.4. The number of allylic oxidation sites excluding steroid dienone is 2. The molecule has 6 unspecified atom stereocenters. The van der Waals surface area contributed by atoms with Crippen LogP contribution in [0.15, 0.2) is 91.2 Å². The van der Waals surface area contributed by atoms with Crippen LogP contribution in [0.5, 0.6) is 17.2 Å². The summed E-state index contributed by atoms with van der Waals surface area (Å²) in [6, 6.07) is 16.8. The number of phenols is 1. The predicted molar refractivity (Wildman–Crippen MR) is 207 cm³/mol. The van der Waals surface area contributed by atoms with Crippen molar-refractivity contribution in [1.29, 1.82) is 0 Å². The number of hydrogen-bond acceptors (Lipinski definition) is 9. The molecule has 2 aliphatic carbocycles. The SMILES string of the molecule is C=Cc1ccc(N2C(=O)C3CC=C4C(CC5C(=O)N(Nc6ncc(C(F)(F)F)cc6Cl)C(=O)C5(c5ccc(Cl)cc5)C4c4cc(OC)c(O)c(OC)c4)C3C2=O)cc1. The molecule has 8 rings (SSSR count). The van der Waals surface area contributed by atoms with Gasteiger partial charge in [0.15, 0.2) is 17.3 Å². The third-order valence-electron chi connectivity index (χ3n) is 11.8. The molecule has 3 fully saturated rings. The minimum Gasteiger partial charge on any atom is -0.502 e. The van der Waals surface area contributed by atoms with Crippen molar-refractivity contribution < 1.29 is 46.9 Å². The Hall–Kier alpha value is -5.86. The molecule has 4 aliphatic rings. The van der Waals surface area contributed by atoms with Gasteiger partial charge in [-0.3, -0.25) is 29.5 Å². The number of ether oxygens (including phenoxy) is 2. The first kappa shape index (κ1) is 39.0. The molecule has 4 aromatic rings. The van der Waals surface area contributed by atoms with Crippen LogP contribution in [0, 0.1) is 23.7 Å².